The number of amides is 1. The van der Waals surface area contributed by atoms with Gasteiger partial charge in [-0.1, -0.05) is 31.2 Å². The Balaban J connectivity index is 1.26. The van der Waals surface area contributed by atoms with Crippen molar-refractivity contribution in [1.82, 2.24) is 15.2 Å². The number of rotatable bonds is 5. The molecule has 5 rings (SSSR count). The van der Waals surface area contributed by atoms with Crippen molar-refractivity contribution < 1.29 is 14.6 Å². The van der Waals surface area contributed by atoms with Crippen LogP contribution in [0, 0.1) is 5.92 Å². The smallest absolute Gasteiger partial charge is 0.255 e. The average molecular weight is 479 g/mol. The molecule has 1 amide bonds. The summed E-state index contributed by atoms with van der Waals surface area (Å²) in [6, 6.07) is 11.3. The molecule has 7 heteroatoms. The summed E-state index contributed by atoms with van der Waals surface area (Å²) in [5.74, 6) is 1.21. The second-order valence-corrected chi connectivity index (χ2v) is 10.6. The number of aliphatic hydroxyl groups excluding tert-OH is 1. The number of aromatic nitrogens is 1. The van der Waals surface area contributed by atoms with Gasteiger partial charge in [-0.25, -0.2) is 4.98 Å². The number of aliphatic hydroxyl groups is 1. The number of nitrogen functional groups attached to an aromatic ring is 1. The molecule has 1 saturated carbocycles. The van der Waals surface area contributed by atoms with Gasteiger partial charge < -0.3 is 20.9 Å². The summed E-state index contributed by atoms with van der Waals surface area (Å²) in [4.78, 5) is 19.9. The number of anilines is 1. The van der Waals surface area contributed by atoms with E-state index in [2.05, 4.69) is 46.4 Å². The number of hydrogen-bond acceptors (Lipinski definition) is 6. The summed E-state index contributed by atoms with van der Waals surface area (Å²) in [7, 11) is 0. The van der Waals surface area contributed by atoms with Gasteiger partial charge in [-0.2, -0.15) is 0 Å². The molecular weight excluding hydrogens is 440 g/mol. The Morgan fingerprint density at radius 2 is 1.77 bits per heavy atom. The molecule has 2 aliphatic heterocycles. The van der Waals surface area contributed by atoms with Crippen LogP contribution in [0.3, 0.4) is 0 Å². The second kappa shape index (κ2) is 10.6. The van der Waals surface area contributed by atoms with Crippen molar-refractivity contribution >= 4 is 11.7 Å². The van der Waals surface area contributed by atoms with Crippen LogP contribution in [0.1, 0.15) is 67.3 Å². The fraction of sp³-hybridized carbons (Fsp3) is 0.571. The summed E-state index contributed by atoms with van der Waals surface area (Å²) < 4.78 is 5.55. The summed E-state index contributed by atoms with van der Waals surface area (Å²) in [6.07, 6.45) is 6.78. The van der Waals surface area contributed by atoms with Gasteiger partial charge in [0.05, 0.1) is 11.7 Å². The standard InChI is InChI=1S/C28H38N4O3/c1-18-16-32(23-10-12-35-13-11-23)17-26(18)20-4-2-19(3-5-20)21-14-25(27(29)30-15-21)28(34)31-22-6-8-24(33)9-7-22/h2-5,14-15,18,22-24,26,33H,6-13,16-17H2,1H3,(H2,29,30)(H,31,34)/t18-,22?,24?,26-/m1/s1. The molecule has 2 atom stereocenters. The van der Waals surface area contributed by atoms with Crippen LogP contribution in [0.5, 0.6) is 0 Å². The predicted octanol–water partition coefficient (Wildman–Crippen LogP) is 3.58. The van der Waals surface area contributed by atoms with Gasteiger partial charge in [0.2, 0.25) is 0 Å². The van der Waals surface area contributed by atoms with E-state index in [0.29, 0.717) is 23.4 Å². The molecule has 2 saturated heterocycles. The molecule has 3 aliphatic rings. The van der Waals surface area contributed by atoms with Crippen molar-refractivity contribution in [3.63, 3.8) is 0 Å². The molecule has 7 nitrogen and oxygen atoms in total. The fourth-order valence-electron chi connectivity index (χ4n) is 6.01. The minimum absolute atomic E-state index is 0.0716. The van der Waals surface area contributed by atoms with Crippen molar-refractivity contribution in [3.05, 3.63) is 47.7 Å². The molecule has 0 radical (unpaired) electrons. The van der Waals surface area contributed by atoms with Crippen molar-refractivity contribution in [3.8, 4) is 11.1 Å². The molecule has 188 valence electrons. The van der Waals surface area contributed by atoms with Crippen LogP contribution >= 0.6 is 0 Å². The number of likely N-dealkylation sites (tertiary alicyclic amines) is 1. The topological polar surface area (TPSA) is 101 Å². The molecule has 2 aromatic rings. The Bertz CT molecular complexity index is 1010. The van der Waals surface area contributed by atoms with Gasteiger partial charge in [0.15, 0.2) is 0 Å². The maximum absolute atomic E-state index is 12.9. The lowest BCUT2D eigenvalue weighted by molar-refractivity contribution is 0.0411. The van der Waals surface area contributed by atoms with Gasteiger partial charge in [0.1, 0.15) is 5.82 Å². The maximum atomic E-state index is 12.9. The molecule has 1 aliphatic carbocycles. The van der Waals surface area contributed by atoms with Crippen molar-refractivity contribution in [2.24, 2.45) is 5.92 Å². The quantitative estimate of drug-likeness (QED) is 0.607. The molecule has 3 fully saturated rings. The van der Waals surface area contributed by atoms with E-state index in [1.165, 1.54) is 5.56 Å². The first-order valence-electron chi connectivity index (χ1n) is 13.1. The first-order chi connectivity index (χ1) is 17.0. The summed E-state index contributed by atoms with van der Waals surface area (Å²) in [5.41, 5.74) is 9.77. The van der Waals surface area contributed by atoms with Crippen molar-refractivity contribution in [2.45, 2.75) is 69.6 Å². The van der Waals surface area contributed by atoms with E-state index in [9.17, 15) is 9.90 Å². The lowest BCUT2D eigenvalue weighted by atomic mass is 9.89. The monoisotopic (exact) mass is 478 g/mol. The number of nitrogens with zero attached hydrogens (tertiary/aromatic N) is 2. The SMILES string of the molecule is C[C@@H]1CN(C2CCOCC2)C[C@H]1c1ccc(-c2cnc(N)c(C(=O)NC3CCC(O)CC3)c2)cc1. The van der Waals surface area contributed by atoms with Crippen LogP contribution in [-0.2, 0) is 4.74 Å². The third-order valence-electron chi connectivity index (χ3n) is 8.22. The van der Waals surface area contributed by atoms with Crippen molar-refractivity contribution in [2.75, 3.05) is 32.0 Å². The van der Waals surface area contributed by atoms with Gasteiger partial charge in [-0.05, 0) is 61.6 Å². The molecule has 0 bridgehead atoms. The third kappa shape index (κ3) is 5.52. The number of ether oxygens (including phenoxy) is 1. The summed E-state index contributed by atoms with van der Waals surface area (Å²) >= 11 is 0. The minimum Gasteiger partial charge on any atom is -0.393 e. The van der Waals surface area contributed by atoms with Crippen LogP contribution < -0.4 is 11.1 Å². The Kier molecular flexibility index (Phi) is 7.37. The zero-order valence-corrected chi connectivity index (χ0v) is 20.7. The number of pyridine rings is 1. The highest BCUT2D eigenvalue weighted by Gasteiger charge is 2.35. The van der Waals surface area contributed by atoms with Gasteiger partial charge in [0.25, 0.3) is 5.91 Å². The van der Waals surface area contributed by atoms with Crippen LogP contribution in [0.2, 0.25) is 0 Å². The largest absolute Gasteiger partial charge is 0.393 e. The number of benzene rings is 1. The normalized spacial score (nSPS) is 28.2. The fourth-order valence-corrected chi connectivity index (χ4v) is 6.01. The Hall–Kier alpha value is -2.48. The molecular formula is C28H38N4O3. The molecule has 0 unspecified atom stereocenters. The average Bonchev–Trinajstić information content (AvgIpc) is 3.28. The second-order valence-electron chi connectivity index (χ2n) is 10.6. The molecule has 1 aromatic carbocycles. The molecule has 35 heavy (non-hydrogen) atoms. The summed E-state index contributed by atoms with van der Waals surface area (Å²) in [6.45, 7) is 6.39. The highest BCUT2D eigenvalue weighted by Crippen LogP contribution is 2.36. The van der Waals surface area contributed by atoms with E-state index < -0.39 is 0 Å². The molecule has 0 spiro atoms. The Morgan fingerprint density at radius 3 is 2.49 bits per heavy atom. The lowest BCUT2D eigenvalue weighted by Gasteiger charge is -2.31. The van der Waals surface area contributed by atoms with E-state index in [4.69, 9.17) is 10.5 Å². The Labute approximate surface area is 208 Å². The number of hydrogen-bond donors (Lipinski definition) is 3. The van der Waals surface area contributed by atoms with E-state index in [0.717, 1.165) is 76.0 Å². The zero-order chi connectivity index (χ0) is 24.4. The number of nitrogens with two attached hydrogens (primary N) is 1. The predicted molar refractivity (Wildman–Crippen MR) is 137 cm³/mol. The summed E-state index contributed by atoms with van der Waals surface area (Å²) in [5, 5.41) is 12.8. The van der Waals surface area contributed by atoms with E-state index in [1.807, 2.05) is 6.07 Å². The maximum Gasteiger partial charge on any atom is 0.255 e. The number of carbonyl (C=O) groups excluding carboxylic acids is 1. The van der Waals surface area contributed by atoms with Crippen LogP contribution in [0.15, 0.2) is 36.5 Å². The minimum atomic E-state index is -0.252. The first kappa shape index (κ1) is 24.2. The van der Waals surface area contributed by atoms with Gasteiger partial charge >= 0.3 is 0 Å². The van der Waals surface area contributed by atoms with E-state index >= 15 is 0 Å². The third-order valence-corrected chi connectivity index (χ3v) is 8.22. The van der Waals surface area contributed by atoms with E-state index in [-0.39, 0.29) is 23.9 Å². The lowest BCUT2D eigenvalue weighted by Crippen LogP contribution is -2.38. The van der Waals surface area contributed by atoms with Gasteiger partial charge in [-0.15, -0.1) is 0 Å². The molecule has 1 aromatic heterocycles. The van der Waals surface area contributed by atoms with Crippen LogP contribution in [0.25, 0.3) is 11.1 Å². The molecule has 3 heterocycles. The van der Waals surface area contributed by atoms with E-state index in [1.54, 1.807) is 6.20 Å². The first-order valence-corrected chi connectivity index (χ1v) is 13.1. The Morgan fingerprint density at radius 1 is 1.06 bits per heavy atom. The van der Waals surface area contributed by atoms with Crippen LogP contribution in [-0.4, -0.2) is 65.4 Å². The van der Waals surface area contributed by atoms with Crippen molar-refractivity contribution in [1.29, 1.82) is 0 Å². The zero-order valence-electron chi connectivity index (χ0n) is 20.7. The highest BCUT2D eigenvalue weighted by molar-refractivity contribution is 5.99. The van der Waals surface area contributed by atoms with Crippen LogP contribution in [0.4, 0.5) is 5.82 Å². The van der Waals surface area contributed by atoms with Gasteiger partial charge in [-0.3, -0.25) is 9.69 Å². The molecule has 4 N–H and O–H groups in total. The number of nitrogens with one attached hydrogen (secondary N) is 1. The van der Waals surface area contributed by atoms with Gasteiger partial charge in [0, 0.05) is 56.1 Å². The number of carbonyl (C=O) groups is 1. The highest BCUT2D eigenvalue weighted by atomic mass is 16.5.